The summed E-state index contributed by atoms with van der Waals surface area (Å²) in [5.74, 6) is -0.0827. The first-order chi connectivity index (χ1) is 10.1. The predicted molar refractivity (Wildman–Crippen MR) is 85.2 cm³/mol. The Morgan fingerprint density at radius 3 is 2.81 bits per heavy atom. The van der Waals surface area contributed by atoms with Gasteiger partial charge in [0.2, 0.25) is 5.91 Å². The smallest absolute Gasteiger partial charge is 0.241 e. The first kappa shape index (κ1) is 14.1. The lowest BCUT2D eigenvalue weighted by molar-refractivity contribution is -0.118. The van der Waals surface area contributed by atoms with Gasteiger partial charge in [0.1, 0.15) is 5.75 Å². The van der Waals surface area contributed by atoms with E-state index in [-0.39, 0.29) is 17.7 Å². The van der Waals surface area contributed by atoms with E-state index in [4.69, 9.17) is 0 Å². The van der Waals surface area contributed by atoms with Crippen LogP contribution in [0.15, 0.2) is 46.9 Å². The summed E-state index contributed by atoms with van der Waals surface area (Å²) in [5.41, 5.74) is 2.83. The Bertz CT molecular complexity index is 688. The number of carbonyl (C=O) groups is 1. The Hall–Kier alpha value is -1.85. The van der Waals surface area contributed by atoms with Crippen molar-refractivity contribution in [3.63, 3.8) is 0 Å². The molecule has 21 heavy (non-hydrogen) atoms. The van der Waals surface area contributed by atoms with Crippen LogP contribution < -0.4 is 10.6 Å². The molecule has 0 aliphatic carbocycles. The molecule has 1 atom stereocenters. The number of rotatable bonds is 2. The maximum Gasteiger partial charge on any atom is 0.241 e. The van der Waals surface area contributed by atoms with Crippen molar-refractivity contribution in [2.45, 2.75) is 19.0 Å². The Morgan fingerprint density at radius 1 is 1.24 bits per heavy atom. The average molecular weight is 347 g/mol. The monoisotopic (exact) mass is 346 g/mol. The highest BCUT2D eigenvalue weighted by Crippen LogP contribution is 2.27. The second-order valence-corrected chi connectivity index (χ2v) is 5.97. The molecule has 0 radical (unpaired) electrons. The van der Waals surface area contributed by atoms with E-state index in [0.717, 1.165) is 4.47 Å². The molecule has 0 fully saturated rings. The van der Waals surface area contributed by atoms with Gasteiger partial charge in [-0.15, -0.1) is 0 Å². The third-order valence-electron chi connectivity index (χ3n) is 3.61. The van der Waals surface area contributed by atoms with Gasteiger partial charge in [0, 0.05) is 11.0 Å². The second-order valence-electron chi connectivity index (χ2n) is 5.06. The zero-order chi connectivity index (χ0) is 14.8. The fraction of sp³-hybridized carbons (Fsp3) is 0.188. The molecule has 0 saturated carbocycles. The standard InChI is InChI=1S/C16H15BrN2O2/c17-12-5-6-15(20)13(8-12)19-16(21)14-7-10-3-1-2-4-11(10)9-18-14/h1-6,8,14,18,20H,7,9H2,(H,19,21)/t14-/m0/s1. The Morgan fingerprint density at radius 2 is 2.00 bits per heavy atom. The van der Waals surface area contributed by atoms with E-state index in [1.54, 1.807) is 18.2 Å². The number of hydrogen-bond acceptors (Lipinski definition) is 3. The topological polar surface area (TPSA) is 61.4 Å². The molecule has 1 aliphatic rings. The summed E-state index contributed by atoms with van der Waals surface area (Å²) in [6.45, 7) is 0.679. The van der Waals surface area contributed by atoms with E-state index < -0.39 is 0 Å². The summed E-state index contributed by atoms with van der Waals surface area (Å²) in [6.07, 6.45) is 0.650. The van der Waals surface area contributed by atoms with E-state index in [0.29, 0.717) is 18.7 Å². The maximum absolute atomic E-state index is 12.3. The molecule has 4 nitrogen and oxygen atoms in total. The van der Waals surface area contributed by atoms with Crippen molar-refractivity contribution >= 4 is 27.5 Å². The Balaban J connectivity index is 1.74. The summed E-state index contributed by atoms with van der Waals surface area (Å²) in [4.78, 5) is 12.3. The first-order valence-electron chi connectivity index (χ1n) is 6.73. The van der Waals surface area contributed by atoms with Crippen LogP contribution in [0.4, 0.5) is 5.69 Å². The number of carbonyl (C=O) groups excluding carboxylic acids is 1. The van der Waals surface area contributed by atoms with Gasteiger partial charge in [-0.05, 0) is 35.7 Å². The third kappa shape index (κ3) is 3.09. The van der Waals surface area contributed by atoms with E-state index in [9.17, 15) is 9.90 Å². The lowest BCUT2D eigenvalue weighted by Gasteiger charge is -2.25. The SMILES string of the molecule is O=C(Nc1cc(Br)ccc1O)[C@@H]1Cc2ccccc2CN1. The van der Waals surface area contributed by atoms with Gasteiger partial charge in [-0.25, -0.2) is 0 Å². The van der Waals surface area contributed by atoms with Crippen LogP contribution in [0, 0.1) is 0 Å². The minimum atomic E-state index is -0.293. The molecule has 5 heteroatoms. The molecule has 1 amide bonds. The van der Waals surface area contributed by atoms with Crippen LogP contribution in [0.2, 0.25) is 0 Å². The molecule has 1 aliphatic heterocycles. The zero-order valence-electron chi connectivity index (χ0n) is 11.3. The molecule has 2 aromatic rings. The van der Waals surface area contributed by atoms with Gasteiger partial charge >= 0.3 is 0 Å². The molecule has 0 unspecified atom stereocenters. The number of amides is 1. The number of phenolic OH excluding ortho intramolecular Hbond substituents is 1. The molecule has 0 spiro atoms. The summed E-state index contributed by atoms with van der Waals surface area (Å²) in [7, 11) is 0. The number of anilines is 1. The van der Waals surface area contributed by atoms with Gasteiger partial charge < -0.3 is 15.7 Å². The summed E-state index contributed by atoms with van der Waals surface area (Å²) in [6, 6.07) is 12.8. The summed E-state index contributed by atoms with van der Waals surface area (Å²) >= 11 is 3.33. The minimum Gasteiger partial charge on any atom is -0.506 e. The molecule has 3 N–H and O–H groups in total. The highest BCUT2D eigenvalue weighted by Gasteiger charge is 2.24. The number of hydrogen-bond donors (Lipinski definition) is 3. The van der Waals surface area contributed by atoms with Crippen LogP contribution >= 0.6 is 15.9 Å². The molecule has 0 bridgehead atoms. The lowest BCUT2D eigenvalue weighted by atomic mass is 9.95. The van der Waals surface area contributed by atoms with E-state index >= 15 is 0 Å². The van der Waals surface area contributed by atoms with Crippen molar-refractivity contribution in [2.24, 2.45) is 0 Å². The number of aromatic hydroxyl groups is 1. The van der Waals surface area contributed by atoms with Crippen molar-refractivity contribution in [1.29, 1.82) is 0 Å². The van der Waals surface area contributed by atoms with Crippen LogP contribution in [0.5, 0.6) is 5.75 Å². The van der Waals surface area contributed by atoms with Crippen molar-refractivity contribution in [2.75, 3.05) is 5.32 Å². The highest BCUT2D eigenvalue weighted by atomic mass is 79.9. The van der Waals surface area contributed by atoms with Gasteiger partial charge in [-0.2, -0.15) is 0 Å². The fourth-order valence-electron chi connectivity index (χ4n) is 2.47. The second kappa shape index (κ2) is 5.87. The van der Waals surface area contributed by atoms with Gasteiger partial charge in [0.05, 0.1) is 11.7 Å². The average Bonchev–Trinajstić information content (AvgIpc) is 2.50. The zero-order valence-corrected chi connectivity index (χ0v) is 12.9. The molecular formula is C16H15BrN2O2. The normalized spacial score (nSPS) is 17.1. The molecule has 1 heterocycles. The molecule has 0 aromatic heterocycles. The summed E-state index contributed by atoms with van der Waals surface area (Å²) < 4.78 is 0.803. The first-order valence-corrected chi connectivity index (χ1v) is 7.52. The van der Waals surface area contributed by atoms with Gasteiger partial charge in [-0.3, -0.25) is 4.79 Å². The minimum absolute atomic E-state index is 0.0581. The molecular weight excluding hydrogens is 332 g/mol. The number of halogens is 1. The van der Waals surface area contributed by atoms with Crippen LogP contribution in [0.1, 0.15) is 11.1 Å². The fourth-order valence-corrected chi connectivity index (χ4v) is 2.83. The Labute approximate surface area is 131 Å². The van der Waals surface area contributed by atoms with E-state index in [1.165, 1.54) is 11.1 Å². The van der Waals surface area contributed by atoms with Crippen LogP contribution in [-0.2, 0) is 17.8 Å². The quantitative estimate of drug-likeness (QED) is 0.732. The highest BCUT2D eigenvalue weighted by molar-refractivity contribution is 9.10. The van der Waals surface area contributed by atoms with Crippen molar-refractivity contribution in [3.8, 4) is 5.75 Å². The largest absolute Gasteiger partial charge is 0.506 e. The van der Waals surface area contributed by atoms with Crippen molar-refractivity contribution in [3.05, 3.63) is 58.1 Å². The molecule has 2 aromatic carbocycles. The van der Waals surface area contributed by atoms with E-state index in [1.807, 2.05) is 18.2 Å². The molecule has 108 valence electrons. The maximum atomic E-state index is 12.3. The number of nitrogens with one attached hydrogen (secondary N) is 2. The Kier molecular flexibility index (Phi) is 3.94. The lowest BCUT2D eigenvalue weighted by Crippen LogP contribution is -2.44. The van der Waals surface area contributed by atoms with Crippen molar-refractivity contribution in [1.82, 2.24) is 5.32 Å². The molecule has 3 rings (SSSR count). The van der Waals surface area contributed by atoms with Gasteiger partial charge in [-0.1, -0.05) is 40.2 Å². The summed E-state index contributed by atoms with van der Waals surface area (Å²) in [5, 5.41) is 15.8. The third-order valence-corrected chi connectivity index (χ3v) is 4.11. The van der Waals surface area contributed by atoms with Crippen LogP contribution in [-0.4, -0.2) is 17.1 Å². The van der Waals surface area contributed by atoms with Crippen LogP contribution in [0.3, 0.4) is 0 Å². The predicted octanol–water partition coefficient (Wildman–Crippen LogP) is 2.81. The van der Waals surface area contributed by atoms with Gasteiger partial charge in [0.25, 0.3) is 0 Å². The molecule has 0 saturated heterocycles. The van der Waals surface area contributed by atoms with Crippen LogP contribution in [0.25, 0.3) is 0 Å². The van der Waals surface area contributed by atoms with Crippen molar-refractivity contribution < 1.29 is 9.90 Å². The van der Waals surface area contributed by atoms with Gasteiger partial charge in [0.15, 0.2) is 0 Å². The number of phenols is 1. The number of benzene rings is 2. The number of fused-ring (bicyclic) bond motifs is 1. The van der Waals surface area contributed by atoms with E-state index in [2.05, 4.69) is 32.6 Å².